The molecule has 17 heavy (non-hydrogen) atoms. The molecule has 0 unspecified atom stereocenters. The normalized spacial score (nSPS) is 18.9. The van der Waals surface area contributed by atoms with E-state index in [1.54, 1.807) is 7.11 Å². The largest absolute Gasteiger partial charge is 0.497 e. The van der Waals surface area contributed by atoms with Crippen molar-refractivity contribution in [3.63, 3.8) is 0 Å². The van der Waals surface area contributed by atoms with Crippen LogP contribution in [0.1, 0.15) is 11.6 Å². The molecule has 1 saturated heterocycles. The van der Waals surface area contributed by atoms with Crippen LogP contribution in [-0.4, -0.2) is 44.9 Å². The molecule has 2 rings (SSSR count). The van der Waals surface area contributed by atoms with Crippen molar-refractivity contribution in [2.24, 2.45) is 5.73 Å². The highest BCUT2D eigenvalue weighted by atomic mass is 16.5. The lowest BCUT2D eigenvalue weighted by Crippen LogP contribution is -2.41. The van der Waals surface area contributed by atoms with Gasteiger partial charge in [0.15, 0.2) is 0 Å². The van der Waals surface area contributed by atoms with E-state index >= 15 is 0 Å². The molecule has 4 nitrogen and oxygen atoms in total. The summed E-state index contributed by atoms with van der Waals surface area (Å²) in [6.07, 6.45) is 0. The highest BCUT2D eigenvalue weighted by Crippen LogP contribution is 2.22. The van der Waals surface area contributed by atoms with Crippen LogP contribution in [-0.2, 0) is 4.74 Å². The number of hydrogen-bond acceptors (Lipinski definition) is 4. The molecule has 0 bridgehead atoms. The summed E-state index contributed by atoms with van der Waals surface area (Å²) in [7, 11) is 1.68. The molecule has 2 N–H and O–H groups in total. The lowest BCUT2D eigenvalue weighted by Gasteiger charge is -2.34. The van der Waals surface area contributed by atoms with Gasteiger partial charge in [-0.3, -0.25) is 4.90 Å². The van der Waals surface area contributed by atoms with Gasteiger partial charge in [-0.1, -0.05) is 12.1 Å². The maximum atomic E-state index is 5.89. The molecule has 1 aliphatic heterocycles. The summed E-state index contributed by atoms with van der Waals surface area (Å²) in [5.41, 5.74) is 7.14. The van der Waals surface area contributed by atoms with Crippen molar-refractivity contribution in [3.8, 4) is 5.75 Å². The average molecular weight is 236 g/mol. The standard InChI is InChI=1S/C13H20N2O2/c1-16-12-4-2-11(3-5-12)13(10-14)15-6-8-17-9-7-15/h2-5,13H,6-10,14H2,1H3/t13-/m0/s1. The van der Waals surface area contributed by atoms with Gasteiger partial charge in [0.25, 0.3) is 0 Å². The van der Waals surface area contributed by atoms with Gasteiger partial charge in [-0.15, -0.1) is 0 Å². The first kappa shape index (κ1) is 12.4. The molecule has 1 aromatic rings. The fourth-order valence-corrected chi connectivity index (χ4v) is 2.21. The van der Waals surface area contributed by atoms with Gasteiger partial charge in [0.1, 0.15) is 5.75 Å². The molecule has 0 radical (unpaired) electrons. The van der Waals surface area contributed by atoms with E-state index in [9.17, 15) is 0 Å². The van der Waals surface area contributed by atoms with Crippen LogP contribution in [0.3, 0.4) is 0 Å². The molecule has 0 spiro atoms. The van der Waals surface area contributed by atoms with Crippen molar-refractivity contribution in [2.45, 2.75) is 6.04 Å². The Balaban J connectivity index is 2.10. The Kier molecular flexibility index (Phi) is 4.36. The van der Waals surface area contributed by atoms with Gasteiger partial charge in [-0.2, -0.15) is 0 Å². The van der Waals surface area contributed by atoms with E-state index in [4.69, 9.17) is 15.2 Å². The minimum atomic E-state index is 0.282. The van der Waals surface area contributed by atoms with Crippen molar-refractivity contribution >= 4 is 0 Å². The fraction of sp³-hybridized carbons (Fsp3) is 0.538. The molecule has 94 valence electrons. The van der Waals surface area contributed by atoms with Crippen LogP contribution in [0.25, 0.3) is 0 Å². The van der Waals surface area contributed by atoms with Gasteiger partial charge in [0.05, 0.1) is 20.3 Å². The van der Waals surface area contributed by atoms with Crippen molar-refractivity contribution in [2.75, 3.05) is 40.0 Å². The zero-order valence-electron chi connectivity index (χ0n) is 10.3. The van der Waals surface area contributed by atoms with Crippen molar-refractivity contribution in [3.05, 3.63) is 29.8 Å². The van der Waals surface area contributed by atoms with Crippen molar-refractivity contribution < 1.29 is 9.47 Å². The molecule has 1 heterocycles. The number of hydrogen-bond donors (Lipinski definition) is 1. The number of rotatable bonds is 4. The molecular formula is C13H20N2O2. The number of benzene rings is 1. The molecule has 1 aliphatic rings. The first-order valence-corrected chi connectivity index (χ1v) is 6.01. The van der Waals surface area contributed by atoms with E-state index in [2.05, 4.69) is 17.0 Å². The summed E-state index contributed by atoms with van der Waals surface area (Å²) in [5.74, 6) is 0.881. The molecule has 4 heteroatoms. The maximum Gasteiger partial charge on any atom is 0.118 e. The Morgan fingerprint density at radius 2 is 1.94 bits per heavy atom. The van der Waals surface area contributed by atoms with E-state index in [1.165, 1.54) is 5.56 Å². The zero-order valence-corrected chi connectivity index (χ0v) is 10.3. The van der Waals surface area contributed by atoms with Crippen LogP contribution in [0.15, 0.2) is 24.3 Å². The quantitative estimate of drug-likeness (QED) is 0.848. The Morgan fingerprint density at radius 1 is 1.29 bits per heavy atom. The topological polar surface area (TPSA) is 47.7 Å². The van der Waals surface area contributed by atoms with E-state index in [1.807, 2.05) is 12.1 Å². The average Bonchev–Trinajstić information content (AvgIpc) is 2.42. The second-order valence-corrected chi connectivity index (χ2v) is 4.17. The third-order valence-electron chi connectivity index (χ3n) is 3.21. The van der Waals surface area contributed by atoms with Crippen molar-refractivity contribution in [1.29, 1.82) is 0 Å². The molecule has 0 aromatic heterocycles. The number of methoxy groups -OCH3 is 1. The van der Waals surface area contributed by atoms with E-state index in [-0.39, 0.29) is 6.04 Å². The minimum Gasteiger partial charge on any atom is -0.497 e. The number of nitrogens with two attached hydrogens (primary N) is 1. The Hall–Kier alpha value is -1.10. The van der Waals surface area contributed by atoms with Crippen LogP contribution in [0, 0.1) is 0 Å². The molecule has 1 aromatic carbocycles. The fourth-order valence-electron chi connectivity index (χ4n) is 2.21. The number of morpholine rings is 1. The van der Waals surface area contributed by atoms with Crippen LogP contribution < -0.4 is 10.5 Å². The lowest BCUT2D eigenvalue weighted by atomic mass is 10.0. The smallest absolute Gasteiger partial charge is 0.118 e. The Morgan fingerprint density at radius 3 is 2.47 bits per heavy atom. The minimum absolute atomic E-state index is 0.282. The third kappa shape index (κ3) is 2.97. The molecule has 0 aliphatic carbocycles. The van der Waals surface area contributed by atoms with Crippen LogP contribution in [0.2, 0.25) is 0 Å². The van der Waals surface area contributed by atoms with E-state index < -0.39 is 0 Å². The first-order valence-electron chi connectivity index (χ1n) is 6.01. The van der Waals surface area contributed by atoms with Gasteiger partial charge in [-0.05, 0) is 17.7 Å². The Labute approximate surface area is 102 Å². The summed E-state index contributed by atoms with van der Waals surface area (Å²) in [6.45, 7) is 4.13. The van der Waals surface area contributed by atoms with Gasteiger partial charge in [0, 0.05) is 25.7 Å². The van der Waals surface area contributed by atoms with Crippen LogP contribution in [0.5, 0.6) is 5.75 Å². The number of ether oxygens (including phenoxy) is 2. The molecular weight excluding hydrogens is 216 g/mol. The van der Waals surface area contributed by atoms with E-state index in [0.29, 0.717) is 6.54 Å². The van der Waals surface area contributed by atoms with E-state index in [0.717, 1.165) is 32.1 Å². The van der Waals surface area contributed by atoms with Gasteiger partial charge in [-0.25, -0.2) is 0 Å². The van der Waals surface area contributed by atoms with Crippen molar-refractivity contribution in [1.82, 2.24) is 4.90 Å². The van der Waals surface area contributed by atoms with Gasteiger partial charge in [0.2, 0.25) is 0 Å². The molecule has 1 fully saturated rings. The maximum absolute atomic E-state index is 5.89. The zero-order chi connectivity index (χ0) is 12.1. The van der Waals surface area contributed by atoms with Crippen LogP contribution >= 0.6 is 0 Å². The SMILES string of the molecule is COc1ccc([C@H](CN)N2CCOCC2)cc1. The summed E-state index contributed by atoms with van der Waals surface area (Å²) in [6, 6.07) is 8.43. The highest BCUT2D eigenvalue weighted by molar-refractivity contribution is 5.29. The predicted molar refractivity (Wildman–Crippen MR) is 67.2 cm³/mol. The van der Waals surface area contributed by atoms with Crippen LogP contribution in [0.4, 0.5) is 0 Å². The monoisotopic (exact) mass is 236 g/mol. The summed E-state index contributed by atoms with van der Waals surface area (Å²) in [5, 5.41) is 0. The van der Waals surface area contributed by atoms with Gasteiger partial charge < -0.3 is 15.2 Å². The molecule has 0 saturated carbocycles. The first-order chi connectivity index (χ1) is 8.35. The summed E-state index contributed by atoms with van der Waals surface area (Å²) < 4.78 is 10.5. The highest BCUT2D eigenvalue weighted by Gasteiger charge is 2.21. The molecule has 1 atom stereocenters. The summed E-state index contributed by atoms with van der Waals surface area (Å²) in [4.78, 5) is 2.38. The predicted octanol–water partition coefficient (Wildman–Crippen LogP) is 1.03. The molecule has 0 amide bonds. The number of nitrogens with zero attached hydrogens (tertiary/aromatic N) is 1. The Bertz CT molecular complexity index is 334. The summed E-state index contributed by atoms with van der Waals surface area (Å²) >= 11 is 0. The second kappa shape index (κ2) is 6.00. The second-order valence-electron chi connectivity index (χ2n) is 4.17. The van der Waals surface area contributed by atoms with Gasteiger partial charge >= 0.3 is 0 Å². The lowest BCUT2D eigenvalue weighted by molar-refractivity contribution is 0.0179. The third-order valence-corrected chi connectivity index (χ3v) is 3.21.